The monoisotopic (exact) mass is 612 g/mol. The van der Waals surface area contributed by atoms with Gasteiger partial charge in [0.05, 0.1) is 11.3 Å². The molecule has 0 atom stereocenters. The van der Waals surface area contributed by atoms with Gasteiger partial charge < -0.3 is 5.73 Å². The summed E-state index contributed by atoms with van der Waals surface area (Å²) in [5, 5.41) is 0.318. The minimum Gasteiger partial charge on any atom is -0.328 e. The predicted molar refractivity (Wildman–Crippen MR) is 160 cm³/mol. The molecule has 0 saturated heterocycles. The van der Waals surface area contributed by atoms with Gasteiger partial charge in [0.1, 0.15) is 11.3 Å². The Morgan fingerprint density at radius 2 is 1.77 bits per heavy atom. The van der Waals surface area contributed by atoms with Crippen molar-refractivity contribution in [2.24, 2.45) is 16.6 Å². The van der Waals surface area contributed by atoms with E-state index in [0.717, 1.165) is 25.7 Å². The topological polar surface area (TPSA) is 132 Å². The molecule has 1 saturated carbocycles. The number of aliphatic imine (C=N–C) groups is 1. The Bertz CT molecular complexity index is 1860. The Morgan fingerprint density at radius 1 is 1.07 bits per heavy atom. The maximum absolute atomic E-state index is 15.4. The van der Waals surface area contributed by atoms with Crippen LogP contribution in [0.2, 0.25) is 0 Å². The molecule has 4 aromatic rings. The fraction of sp³-hybridized carbons (Fsp3) is 0.333. The van der Waals surface area contributed by atoms with E-state index in [1.165, 1.54) is 29.0 Å². The molecule has 226 valence electrons. The summed E-state index contributed by atoms with van der Waals surface area (Å²) >= 11 is 0. The number of nitrogens with zero attached hydrogens (tertiary/aromatic N) is 4. The number of benzene rings is 2. The number of anilines is 1. The van der Waals surface area contributed by atoms with Gasteiger partial charge >= 0.3 is 0 Å². The molecule has 0 radical (unpaired) electrons. The van der Waals surface area contributed by atoms with E-state index in [9.17, 15) is 13.2 Å². The molecule has 43 heavy (non-hydrogen) atoms. The third-order valence-corrected chi connectivity index (χ3v) is 8.63. The van der Waals surface area contributed by atoms with E-state index in [2.05, 4.69) is 15.0 Å². The van der Waals surface area contributed by atoms with E-state index in [1.807, 2.05) is 0 Å². The van der Waals surface area contributed by atoms with Gasteiger partial charge in [0, 0.05) is 35.4 Å². The molecule has 1 aliphatic carbocycles. The molecule has 0 bridgehead atoms. The number of hydrogen-bond donors (Lipinski definition) is 2. The van der Waals surface area contributed by atoms with Gasteiger partial charge in [-0.1, -0.05) is 30.3 Å². The number of pyridine rings is 1. The van der Waals surface area contributed by atoms with Crippen molar-refractivity contribution >= 4 is 38.9 Å². The summed E-state index contributed by atoms with van der Waals surface area (Å²) in [5.41, 5.74) is 3.64. The van der Waals surface area contributed by atoms with Crippen LogP contribution in [0.25, 0.3) is 22.2 Å². The minimum absolute atomic E-state index is 0.138. The number of sulfonamides is 1. The van der Waals surface area contributed by atoms with Crippen LogP contribution in [0.5, 0.6) is 0 Å². The summed E-state index contributed by atoms with van der Waals surface area (Å²) in [6, 6.07) is 9.55. The van der Waals surface area contributed by atoms with E-state index in [4.69, 9.17) is 5.73 Å². The first-order chi connectivity index (χ1) is 20.4. The molecule has 0 amide bonds. The molecule has 2 aromatic heterocycles. The SMILES string of the molecule is CC(C)n1c(=O)c(-c2cc(F)c(NS(=O)(=O)Cc3ccccc3)c(F)c2F)cc2cnc(N=CC3CCC(N)CC3)nc21. The second kappa shape index (κ2) is 12.3. The van der Waals surface area contributed by atoms with E-state index in [0.29, 0.717) is 17.0 Å². The lowest BCUT2D eigenvalue weighted by Gasteiger charge is -2.22. The lowest BCUT2D eigenvalue weighted by molar-refractivity contribution is 0.396. The lowest BCUT2D eigenvalue weighted by atomic mass is 9.87. The first kappa shape index (κ1) is 30.4. The highest BCUT2D eigenvalue weighted by Gasteiger charge is 2.26. The zero-order valence-corrected chi connectivity index (χ0v) is 24.4. The van der Waals surface area contributed by atoms with Crippen molar-refractivity contribution < 1.29 is 21.6 Å². The molecule has 2 heterocycles. The Balaban J connectivity index is 1.51. The quantitative estimate of drug-likeness (QED) is 0.196. The molecule has 1 fully saturated rings. The summed E-state index contributed by atoms with van der Waals surface area (Å²) in [6.07, 6.45) is 6.82. The van der Waals surface area contributed by atoms with Gasteiger partial charge in [0.2, 0.25) is 10.0 Å². The molecule has 0 aliphatic heterocycles. The molecule has 2 aromatic carbocycles. The van der Waals surface area contributed by atoms with Crippen LogP contribution in [0.15, 0.2) is 58.4 Å². The average molecular weight is 613 g/mol. The van der Waals surface area contributed by atoms with Crippen LogP contribution in [0.1, 0.15) is 51.1 Å². The normalized spacial score (nSPS) is 17.7. The summed E-state index contributed by atoms with van der Waals surface area (Å²) in [4.78, 5) is 26.7. The summed E-state index contributed by atoms with van der Waals surface area (Å²) < 4.78 is 74.0. The van der Waals surface area contributed by atoms with Crippen molar-refractivity contribution in [3.63, 3.8) is 0 Å². The molecule has 9 nitrogen and oxygen atoms in total. The third-order valence-electron chi connectivity index (χ3n) is 7.40. The Hall–Kier alpha value is -4.10. The molecule has 13 heteroatoms. The summed E-state index contributed by atoms with van der Waals surface area (Å²) in [5.74, 6) is -4.94. The van der Waals surface area contributed by atoms with Crippen LogP contribution >= 0.6 is 0 Å². The standard InChI is InChI=1S/C30H31F3N6O3S/c1-17(2)39-28-20(15-36-30(37-28)35-14-18-8-10-21(34)11-9-18)12-23(29(39)40)22-13-24(31)27(26(33)25(22)32)38-43(41,42)16-19-6-4-3-5-7-19/h3-7,12-15,17-18,21,38H,8-11,16,34H2,1-2H3. The second-order valence-electron chi connectivity index (χ2n) is 11.0. The Kier molecular flexibility index (Phi) is 8.65. The van der Waals surface area contributed by atoms with Crippen LogP contribution in [-0.4, -0.2) is 35.2 Å². The number of rotatable bonds is 8. The zero-order valence-electron chi connectivity index (χ0n) is 23.6. The van der Waals surface area contributed by atoms with Crippen LogP contribution in [-0.2, 0) is 15.8 Å². The van der Waals surface area contributed by atoms with E-state index in [1.54, 1.807) is 43.0 Å². The summed E-state index contributed by atoms with van der Waals surface area (Å²) in [6.45, 7) is 3.42. The molecule has 3 N–H and O–H groups in total. The van der Waals surface area contributed by atoms with Gasteiger partial charge in [-0.05, 0) is 63.1 Å². The fourth-order valence-corrected chi connectivity index (χ4v) is 6.38. The minimum atomic E-state index is -4.30. The van der Waals surface area contributed by atoms with Gasteiger partial charge in [-0.15, -0.1) is 0 Å². The number of hydrogen-bond acceptors (Lipinski definition) is 7. The Morgan fingerprint density at radius 3 is 2.44 bits per heavy atom. The largest absolute Gasteiger partial charge is 0.328 e. The van der Waals surface area contributed by atoms with Gasteiger partial charge in [-0.25, -0.2) is 31.6 Å². The molecule has 1 aliphatic rings. The first-order valence-electron chi connectivity index (χ1n) is 13.9. The number of halogens is 3. The molecular weight excluding hydrogens is 581 g/mol. The second-order valence-corrected chi connectivity index (χ2v) is 12.7. The molecule has 0 unspecified atom stereocenters. The maximum Gasteiger partial charge on any atom is 0.260 e. The third kappa shape index (κ3) is 6.62. The lowest BCUT2D eigenvalue weighted by Crippen LogP contribution is -2.26. The van der Waals surface area contributed by atoms with Crippen LogP contribution in [0.4, 0.5) is 24.8 Å². The number of fused-ring (bicyclic) bond motifs is 1. The highest BCUT2D eigenvalue weighted by molar-refractivity contribution is 7.91. The zero-order chi connectivity index (χ0) is 30.9. The Labute approximate surface area is 246 Å². The van der Waals surface area contributed by atoms with Gasteiger partial charge in [-0.3, -0.25) is 14.1 Å². The van der Waals surface area contributed by atoms with E-state index >= 15 is 13.2 Å². The van der Waals surface area contributed by atoms with Gasteiger partial charge in [0.15, 0.2) is 17.5 Å². The van der Waals surface area contributed by atoms with Crippen LogP contribution in [0, 0.1) is 23.4 Å². The average Bonchev–Trinajstić information content (AvgIpc) is 2.96. The van der Waals surface area contributed by atoms with E-state index < -0.39 is 56.1 Å². The number of aromatic nitrogens is 3. The van der Waals surface area contributed by atoms with Crippen molar-refractivity contribution in [2.75, 3.05) is 4.72 Å². The first-order valence-corrected chi connectivity index (χ1v) is 15.5. The molecule has 0 spiro atoms. The molecular formula is C30H31F3N6O3S. The highest BCUT2D eigenvalue weighted by atomic mass is 32.2. The predicted octanol–water partition coefficient (Wildman–Crippen LogP) is 5.62. The van der Waals surface area contributed by atoms with Crippen molar-refractivity contribution in [3.8, 4) is 11.1 Å². The van der Waals surface area contributed by atoms with Crippen molar-refractivity contribution in [1.82, 2.24) is 14.5 Å². The highest BCUT2D eigenvalue weighted by Crippen LogP contribution is 2.32. The van der Waals surface area contributed by atoms with Crippen LogP contribution in [0.3, 0.4) is 0 Å². The number of nitrogens with two attached hydrogens (primary N) is 1. The summed E-state index contributed by atoms with van der Waals surface area (Å²) in [7, 11) is -4.30. The number of nitrogens with one attached hydrogen (secondary N) is 1. The van der Waals surface area contributed by atoms with E-state index in [-0.39, 0.29) is 29.1 Å². The van der Waals surface area contributed by atoms with Gasteiger partial charge in [-0.2, -0.15) is 4.98 Å². The smallest absolute Gasteiger partial charge is 0.260 e. The van der Waals surface area contributed by atoms with Crippen molar-refractivity contribution in [2.45, 2.75) is 57.4 Å². The maximum atomic E-state index is 15.4. The van der Waals surface area contributed by atoms with Crippen molar-refractivity contribution in [1.29, 1.82) is 0 Å². The van der Waals surface area contributed by atoms with Gasteiger partial charge in [0.25, 0.3) is 11.5 Å². The van der Waals surface area contributed by atoms with Crippen LogP contribution < -0.4 is 16.0 Å². The fourth-order valence-electron chi connectivity index (χ4n) is 5.18. The molecule has 5 rings (SSSR count). The van der Waals surface area contributed by atoms with Crippen molar-refractivity contribution in [3.05, 3.63) is 82.0 Å².